The fraction of sp³-hybridized carbons (Fsp3) is 0.333. The Morgan fingerprint density at radius 2 is 1.93 bits per heavy atom. The molecule has 0 atom stereocenters. The number of alkyl halides is 5. The normalized spacial score (nSPS) is 12.5. The van der Waals surface area contributed by atoms with Crippen LogP contribution in [0.1, 0.15) is 18.1 Å². The fourth-order valence-corrected chi connectivity index (χ4v) is 3.15. The van der Waals surface area contributed by atoms with Gasteiger partial charge in [-0.25, -0.2) is 28.7 Å². The highest BCUT2D eigenvalue weighted by molar-refractivity contribution is 5.93. The second-order valence-corrected chi connectivity index (χ2v) is 6.57. The van der Waals surface area contributed by atoms with Crippen molar-refractivity contribution in [2.45, 2.75) is 38.9 Å². The van der Waals surface area contributed by atoms with Crippen LogP contribution in [0.4, 0.5) is 22.0 Å². The van der Waals surface area contributed by atoms with Crippen LogP contribution in [0.25, 0.3) is 33.5 Å². The van der Waals surface area contributed by atoms with Crippen molar-refractivity contribution in [1.82, 2.24) is 29.5 Å². The van der Waals surface area contributed by atoms with Gasteiger partial charge in [-0.3, -0.25) is 0 Å². The third-order valence-corrected chi connectivity index (χ3v) is 4.49. The summed E-state index contributed by atoms with van der Waals surface area (Å²) < 4.78 is 64.3. The fourth-order valence-electron chi connectivity index (χ4n) is 3.15. The number of H-pyrrole nitrogens is 1. The summed E-state index contributed by atoms with van der Waals surface area (Å²) in [5.41, 5.74) is 2.32. The van der Waals surface area contributed by atoms with Crippen molar-refractivity contribution < 1.29 is 22.0 Å². The first-order valence-corrected chi connectivity index (χ1v) is 8.73. The van der Waals surface area contributed by atoms with E-state index in [9.17, 15) is 22.0 Å². The summed E-state index contributed by atoms with van der Waals surface area (Å²) in [7, 11) is 0. The first-order valence-electron chi connectivity index (χ1n) is 8.73. The van der Waals surface area contributed by atoms with Gasteiger partial charge in [-0.2, -0.15) is 13.2 Å². The highest BCUT2D eigenvalue weighted by atomic mass is 19.4. The Hall–Kier alpha value is -3.11. The smallest absolute Gasteiger partial charge is 0.345 e. The first kappa shape index (κ1) is 19.2. The highest BCUT2D eigenvalue weighted by Crippen LogP contribution is 2.28. The molecule has 0 radical (unpaired) electrons. The zero-order chi connectivity index (χ0) is 20.8. The topological polar surface area (TPSA) is 72.3 Å². The van der Waals surface area contributed by atoms with Gasteiger partial charge in [-0.15, -0.1) is 0 Å². The van der Waals surface area contributed by atoms with E-state index in [2.05, 4.69) is 24.9 Å². The summed E-state index contributed by atoms with van der Waals surface area (Å²) in [5.74, 6) is 0.513. The van der Waals surface area contributed by atoms with E-state index in [0.29, 0.717) is 39.3 Å². The third kappa shape index (κ3) is 3.89. The number of hydrogen-bond donors (Lipinski definition) is 1. The second kappa shape index (κ2) is 7.05. The molecule has 29 heavy (non-hydrogen) atoms. The van der Waals surface area contributed by atoms with Gasteiger partial charge in [0.2, 0.25) is 0 Å². The van der Waals surface area contributed by atoms with Gasteiger partial charge in [0.15, 0.2) is 5.65 Å². The predicted molar refractivity (Wildman–Crippen MR) is 95.5 cm³/mol. The Morgan fingerprint density at radius 3 is 2.66 bits per heavy atom. The van der Waals surface area contributed by atoms with Gasteiger partial charge in [0.05, 0.1) is 18.7 Å². The van der Waals surface area contributed by atoms with Crippen LogP contribution in [-0.4, -0.2) is 42.1 Å². The Bertz CT molecular complexity index is 1180. The predicted octanol–water partition coefficient (Wildman–Crippen LogP) is 4.44. The van der Waals surface area contributed by atoms with Gasteiger partial charge in [0.25, 0.3) is 6.43 Å². The number of halogens is 5. The van der Waals surface area contributed by atoms with Gasteiger partial charge >= 0.3 is 6.18 Å². The maximum atomic E-state index is 12.9. The van der Waals surface area contributed by atoms with E-state index in [1.165, 1.54) is 10.8 Å². The van der Waals surface area contributed by atoms with Crippen LogP contribution in [0.2, 0.25) is 0 Å². The number of imidazole rings is 1. The van der Waals surface area contributed by atoms with Gasteiger partial charge in [-0.05, 0) is 19.1 Å². The summed E-state index contributed by atoms with van der Waals surface area (Å²) in [4.78, 5) is 19.8. The quantitative estimate of drug-likeness (QED) is 0.494. The second-order valence-electron chi connectivity index (χ2n) is 6.57. The minimum absolute atomic E-state index is 0.0808. The molecule has 0 bridgehead atoms. The number of aromatic nitrogens is 6. The number of nitrogens with one attached hydrogen (secondary N) is 1. The average Bonchev–Trinajstić information content (AvgIpc) is 3.19. The molecule has 4 heterocycles. The molecule has 0 unspecified atom stereocenters. The monoisotopic (exact) mass is 410 g/mol. The van der Waals surface area contributed by atoms with Crippen molar-refractivity contribution in [2.24, 2.45) is 0 Å². The van der Waals surface area contributed by atoms with Crippen LogP contribution < -0.4 is 0 Å². The number of pyridine rings is 1. The lowest BCUT2D eigenvalue weighted by Crippen LogP contribution is -2.10. The molecular weight excluding hydrogens is 395 g/mol. The Kier molecular flexibility index (Phi) is 4.67. The van der Waals surface area contributed by atoms with Crippen molar-refractivity contribution in [2.75, 3.05) is 0 Å². The number of aromatic amines is 1. The zero-order valence-electron chi connectivity index (χ0n) is 15.1. The van der Waals surface area contributed by atoms with Crippen LogP contribution >= 0.6 is 0 Å². The minimum Gasteiger partial charge on any atom is -0.345 e. The van der Waals surface area contributed by atoms with Crippen molar-refractivity contribution in [3.8, 4) is 11.3 Å². The van der Waals surface area contributed by atoms with Gasteiger partial charge in [0, 0.05) is 29.8 Å². The standard InChI is InChI=1S/C18H15F5N6/c1-9-26-13-3-2-12(27-17(13)29(9)8-14(19)20)10-6-25-16-11(10)7-24-15(28-16)4-5-18(21,22)23/h2-3,6-7,14H,4-5,8H2,1H3,(H,24,25,28). The van der Waals surface area contributed by atoms with E-state index in [-0.39, 0.29) is 12.2 Å². The lowest BCUT2D eigenvalue weighted by molar-refractivity contribution is -0.134. The lowest BCUT2D eigenvalue weighted by Gasteiger charge is -2.06. The van der Waals surface area contributed by atoms with Crippen molar-refractivity contribution >= 4 is 22.2 Å². The molecule has 0 amide bonds. The Balaban J connectivity index is 1.71. The molecular formula is C18H15F5N6. The molecule has 1 N–H and O–H groups in total. The molecule has 0 fully saturated rings. The molecule has 0 aromatic carbocycles. The van der Waals surface area contributed by atoms with Gasteiger partial charge < -0.3 is 9.55 Å². The average molecular weight is 410 g/mol. The third-order valence-electron chi connectivity index (χ3n) is 4.49. The molecule has 0 aliphatic heterocycles. The van der Waals surface area contributed by atoms with Crippen LogP contribution in [-0.2, 0) is 13.0 Å². The molecule has 0 aliphatic rings. The van der Waals surface area contributed by atoms with Crippen molar-refractivity contribution in [3.63, 3.8) is 0 Å². The van der Waals surface area contributed by atoms with Crippen LogP contribution in [0.5, 0.6) is 0 Å². The van der Waals surface area contributed by atoms with E-state index in [1.807, 2.05) is 0 Å². The summed E-state index contributed by atoms with van der Waals surface area (Å²) in [6.45, 7) is 1.12. The van der Waals surface area contributed by atoms with Crippen LogP contribution in [0.3, 0.4) is 0 Å². The molecule has 11 heteroatoms. The van der Waals surface area contributed by atoms with E-state index in [1.54, 1.807) is 25.3 Å². The molecule has 4 aromatic heterocycles. The van der Waals surface area contributed by atoms with Crippen LogP contribution in [0, 0.1) is 6.92 Å². The SMILES string of the molecule is Cc1nc2ccc(-c3c[nH]c4nc(CCC(F)(F)F)ncc34)nc2n1CC(F)F. The summed E-state index contributed by atoms with van der Waals surface area (Å²) in [5, 5.41) is 0.573. The zero-order valence-corrected chi connectivity index (χ0v) is 15.1. The molecule has 0 saturated carbocycles. The molecule has 0 aliphatic carbocycles. The van der Waals surface area contributed by atoms with E-state index in [0.717, 1.165) is 0 Å². The largest absolute Gasteiger partial charge is 0.389 e. The lowest BCUT2D eigenvalue weighted by atomic mass is 10.1. The Morgan fingerprint density at radius 1 is 1.14 bits per heavy atom. The molecule has 0 spiro atoms. The van der Waals surface area contributed by atoms with Gasteiger partial charge in [-0.1, -0.05) is 0 Å². The van der Waals surface area contributed by atoms with E-state index < -0.39 is 25.6 Å². The molecule has 0 saturated heterocycles. The van der Waals surface area contributed by atoms with E-state index in [4.69, 9.17) is 0 Å². The maximum Gasteiger partial charge on any atom is 0.389 e. The number of rotatable bonds is 5. The molecule has 152 valence electrons. The van der Waals surface area contributed by atoms with Crippen LogP contribution in [0.15, 0.2) is 24.5 Å². The molecule has 4 rings (SSSR count). The minimum atomic E-state index is -4.28. The number of aryl methyl sites for hydroxylation is 2. The highest BCUT2D eigenvalue weighted by Gasteiger charge is 2.27. The number of hydrogen-bond acceptors (Lipinski definition) is 4. The van der Waals surface area contributed by atoms with Crippen molar-refractivity contribution in [1.29, 1.82) is 0 Å². The summed E-state index contributed by atoms with van der Waals surface area (Å²) in [6, 6.07) is 3.38. The molecule has 6 nitrogen and oxygen atoms in total. The van der Waals surface area contributed by atoms with Crippen molar-refractivity contribution in [3.05, 3.63) is 36.2 Å². The maximum absolute atomic E-state index is 12.9. The summed E-state index contributed by atoms with van der Waals surface area (Å²) in [6.07, 6.45) is -5.09. The first-order chi connectivity index (χ1) is 13.7. The number of nitrogens with zero attached hydrogens (tertiary/aromatic N) is 5. The number of fused-ring (bicyclic) bond motifs is 2. The summed E-state index contributed by atoms with van der Waals surface area (Å²) >= 11 is 0. The van der Waals surface area contributed by atoms with E-state index >= 15 is 0 Å². The Labute approximate surface area is 160 Å². The van der Waals surface area contributed by atoms with Gasteiger partial charge in [0.1, 0.15) is 22.8 Å². The molecule has 4 aromatic rings.